The summed E-state index contributed by atoms with van der Waals surface area (Å²) in [7, 11) is -3.07. The number of pyridine rings is 1. The topological polar surface area (TPSA) is 70.6 Å². The number of sulfonamides is 1. The number of nitrogens with zero attached hydrogens (tertiary/aromatic N) is 3. The smallest absolute Gasteiger partial charge is 0.259 e. The molecule has 2 fully saturated rings. The number of rotatable bonds is 5. The van der Waals surface area contributed by atoms with Crippen LogP contribution in [0.5, 0.6) is 0 Å². The predicted molar refractivity (Wildman–Crippen MR) is 112 cm³/mol. The third kappa shape index (κ3) is 3.25. The average molecular weight is 432 g/mol. The van der Waals surface area contributed by atoms with Crippen LogP contribution in [0.3, 0.4) is 0 Å². The van der Waals surface area contributed by atoms with Crippen molar-refractivity contribution in [2.24, 2.45) is 5.92 Å². The Morgan fingerprint density at radius 1 is 1.17 bits per heavy atom. The largest absolute Gasteiger partial charge is 0.300 e. The van der Waals surface area contributed by atoms with Gasteiger partial charge in [-0.3, -0.25) is 14.7 Å². The van der Waals surface area contributed by atoms with Gasteiger partial charge in [-0.25, -0.2) is 12.7 Å². The Labute approximate surface area is 175 Å². The van der Waals surface area contributed by atoms with Crippen molar-refractivity contribution >= 4 is 33.2 Å². The van der Waals surface area contributed by atoms with Crippen LogP contribution in [0.4, 0.5) is 5.69 Å². The number of benzene rings is 1. The molecule has 0 bridgehead atoms. The quantitative estimate of drug-likeness (QED) is 0.727. The molecule has 3 heterocycles. The third-order valence-corrected chi connectivity index (χ3v) is 8.68. The number of anilines is 1. The first-order valence-corrected chi connectivity index (χ1v) is 11.8. The van der Waals surface area contributed by atoms with Crippen molar-refractivity contribution in [2.45, 2.75) is 37.5 Å². The molecule has 8 heteroatoms. The molecule has 0 spiro atoms. The molecule has 1 atom stereocenters. The average Bonchev–Trinajstić information content (AvgIpc) is 3.47. The monoisotopic (exact) mass is 431 g/mol. The van der Waals surface area contributed by atoms with Crippen molar-refractivity contribution in [2.75, 3.05) is 18.0 Å². The number of carbonyl (C=O) groups is 1. The Morgan fingerprint density at radius 3 is 2.66 bits per heavy atom. The zero-order valence-electron chi connectivity index (χ0n) is 16.1. The fraction of sp³-hybridized carbons (Fsp3) is 0.429. The van der Waals surface area contributed by atoms with Crippen LogP contribution in [-0.2, 0) is 16.4 Å². The number of fused-ring (bicyclic) bond motifs is 1. The van der Waals surface area contributed by atoms with Crippen molar-refractivity contribution in [3.8, 4) is 0 Å². The van der Waals surface area contributed by atoms with E-state index in [4.69, 9.17) is 11.6 Å². The molecule has 5 rings (SSSR count). The van der Waals surface area contributed by atoms with Crippen molar-refractivity contribution < 1.29 is 13.2 Å². The van der Waals surface area contributed by atoms with Gasteiger partial charge in [-0.1, -0.05) is 11.6 Å². The molecule has 2 aliphatic heterocycles. The highest BCUT2D eigenvalue weighted by molar-refractivity contribution is 7.90. The highest BCUT2D eigenvalue weighted by atomic mass is 35.5. The van der Waals surface area contributed by atoms with Gasteiger partial charge in [0.15, 0.2) is 0 Å². The third-order valence-electron chi connectivity index (χ3n) is 6.11. The fourth-order valence-electron chi connectivity index (χ4n) is 4.35. The van der Waals surface area contributed by atoms with E-state index in [1.807, 2.05) is 19.1 Å². The molecule has 152 valence electrons. The molecule has 0 N–H and O–H groups in total. The van der Waals surface area contributed by atoms with Gasteiger partial charge < -0.3 is 0 Å². The van der Waals surface area contributed by atoms with Crippen molar-refractivity contribution in [3.05, 3.63) is 58.4 Å². The van der Waals surface area contributed by atoms with Gasteiger partial charge in [0.25, 0.3) is 5.91 Å². The molecule has 0 radical (unpaired) electrons. The summed E-state index contributed by atoms with van der Waals surface area (Å²) in [5.41, 5.74) is 3.37. The summed E-state index contributed by atoms with van der Waals surface area (Å²) in [4.78, 5) is 19.0. The Morgan fingerprint density at radius 2 is 1.93 bits per heavy atom. The minimum absolute atomic E-state index is 0.0477. The predicted octanol–water partition coefficient (Wildman–Crippen LogP) is 3.42. The van der Waals surface area contributed by atoms with Gasteiger partial charge in [-0.05, 0) is 67.5 Å². The summed E-state index contributed by atoms with van der Waals surface area (Å²) in [5, 5.41) is 0.471. The lowest BCUT2D eigenvalue weighted by Crippen LogP contribution is -2.51. The first-order chi connectivity index (χ1) is 13.8. The standard InChI is InChI=1S/C21H22ClN3O3S/c1-13-20-8-16(22)2-5-19(20)21(26)25(13)17-7-14(9-23-10-17)6-15-11-24(12-15)29(27,28)18-3-4-18/h2,5,7-10,13,15,18H,3-4,6,11-12H2,1H3. The van der Waals surface area contributed by atoms with Crippen LogP contribution in [0, 0.1) is 5.92 Å². The van der Waals surface area contributed by atoms with Crippen molar-refractivity contribution in [3.63, 3.8) is 0 Å². The van der Waals surface area contributed by atoms with Gasteiger partial charge >= 0.3 is 0 Å². The number of hydrogen-bond donors (Lipinski definition) is 0. The second kappa shape index (κ2) is 6.79. The van der Waals surface area contributed by atoms with Crippen LogP contribution >= 0.6 is 11.6 Å². The number of halogens is 1. The van der Waals surface area contributed by atoms with Gasteiger partial charge in [-0.15, -0.1) is 0 Å². The lowest BCUT2D eigenvalue weighted by molar-refractivity contribution is 0.0992. The van der Waals surface area contributed by atoms with Crippen LogP contribution in [0.15, 0.2) is 36.7 Å². The van der Waals surface area contributed by atoms with E-state index in [1.54, 1.807) is 33.7 Å². The summed E-state index contributed by atoms with van der Waals surface area (Å²) in [6, 6.07) is 7.24. The molecule has 1 aliphatic carbocycles. The maximum atomic E-state index is 12.9. The second-order valence-electron chi connectivity index (χ2n) is 8.27. The Hall–Kier alpha value is -1.96. The zero-order chi connectivity index (χ0) is 20.3. The lowest BCUT2D eigenvalue weighted by Gasteiger charge is -2.38. The van der Waals surface area contributed by atoms with Crippen LogP contribution in [0.1, 0.15) is 47.3 Å². The summed E-state index contributed by atoms with van der Waals surface area (Å²) >= 11 is 6.11. The number of carbonyl (C=O) groups excluding carboxylic acids is 1. The van der Waals surface area contributed by atoms with Gasteiger partial charge in [0.05, 0.1) is 23.2 Å². The lowest BCUT2D eigenvalue weighted by atomic mass is 9.95. The molecular weight excluding hydrogens is 410 g/mol. The number of hydrogen-bond acceptors (Lipinski definition) is 4. The van der Waals surface area contributed by atoms with Crippen molar-refractivity contribution in [1.82, 2.24) is 9.29 Å². The molecule has 6 nitrogen and oxygen atoms in total. The zero-order valence-corrected chi connectivity index (χ0v) is 17.7. The van der Waals surface area contributed by atoms with Crippen LogP contribution in [-0.4, -0.2) is 42.0 Å². The Bertz CT molecular complexity index is 1090. The van der Waals surface area contributed by atoms with Gasteiger partial charge in [0.1, 0.15) is 0 Å². The van der Waals surface area contributed by atoms with Gasteiger partial charge in [0.2, 0.25) is 10.0 Å². The molecule has 1 saturated carbocycles. The highest BCUT2D eigenvalue weighted by Gasteiger charge is 2.45. The molecule has 1 aromatic heterocycles. The van der Waals surface area contributed by atoms with E-state index in [1.165, 1.54) is 0 Å². The second-order valence-corrected chi connectivity index (χ2v) is 10.9. The number of amides is 1. The van der Waals surface area contributed by atoms with Gasteiger partial charge in [0, 0.05) is 29.9 Å². The summed E-state index contributed by atoms with van der Waals surface area (Å²) in [6.07, 6.45) is 5.86. The Kier molecular flexibility index (Phi) is 4.46. The number of aromatic nitrogens is 1. The van der Waals surface area contributed by atoms with E-state index < -0.39 is 10.0 Å². The van der Waals surface area contributed by atoms with Crippen LogP contribution < -0.4 is 4.90 Å². The summed E-state index contributed by atoms with van der Waals surface area (Å²) in [6.45, 7) is 3.14. The first-order valence-electron chi connectivity index (χ1n) is 9.90. The molecule has 29 heavy (non-hydrogen) atoms. The molecule has 1 saturated heterocycles. The molecule has 2 aromatic rings. The summed E-state index contributed by atoms with van der Waals surface area (Å²) < 4.78 is 26.1. The molecular formula is C21H22ClN3O3S. The molecule has 3 aliphatic rings. The highest BCUT2D eigenvalue weighted by Crippen LogP contribution is 2.39. The van der Waals surface area contributed by atoms with E-state index in [9.17, 15) is 13.2 Å². The van der Waals surface area contributed by atoms with E-state index in [0.717, 1.165) is 36.1 Å². The van der Waals surface area contributed by atoms with E-state index in [-0.39, 0.29) is 17.2 Å². The maximum Gasteiger partial charge on any atom is 0.259 e. The molecule has 1 aromatic carbocycles. The normalized spacial score (nSPS) is 22.6. The minimum atomic E-state index is -3.07. The first kappa shape index (κ1) is 19.0. The van der Waals surface area contributed by atoms with Gasteiger partial charge in [-0.2, -0.15) is 0 Å². The molecule has 1 unspecified atom stereocenters. The summed E-state index contributed by atoms with van der Waals surface area (Å²) in [5.74, 6) is 0.247. The Balaban J connectivity index is 1.30. The minimum Gasteiger partial charge on any atom is -0.300 e. The maximum absolute atomic E-state index is 12.9. The van der Waals surface area contributed by atoms with E-state index >= 15 is 0 Å². The fourth-order valence-corrected chi connectivity index (χ4v) is 6.52. The molecule has 1 amide bonds. The van der Waals surface area contributed by atoms with Crippen LogP contribution in [0.2, 0.25) is 5.02 Å². The van der Waals surface area contributed by atoms with E-state index in [0.29, 0.717) is 29.6 Å². The van der Waals surface area contributed by atoms with Crippen LogP contribution in [0.25, 0.3) is 0 Å². The SMILES string of the molecule is CC1c2cc(Cl)ccc2C(=O)N1c1cncc(CC2CN(S(=O)(=O)C3CC3)C2)c1. The van der Waals surface area contributed by atoms with Crippen molar-refractivity contribution in [1.29, 1.82) is 0 Å². The van der Waals surface area contributed by atoms with E-state index in [2.05, 4.69) is 4.98 Å².